The predicted molar refractivity (Wildman–Crippen MR) is 160 cm³/mol. The Morgan fingerprint density at radius 1 is 1.12 bits per heavy atom. The first-order chi connectivity index (χ1) is 19.9. The Hall–Kier alpha value is -2.48. The number of pyridine rings is 1. The zero-order valence-electron chi connectivity index (χ0n) is 25.7. The number of carbonyl (C=O) groups excluding carboxylic acids is 1. The number of nitrogens with one attached hydrogen (secondary N) is 1. The summed E-state index contributed by atoms with van der Waals surface area (Å²) >= 11 is 1.86. The fourth-order valence-electron chi connectivity index (χ4n) is 3.47. The molecule has 0 fully saturated rings. The molecule has 0 aliphatic carbocycles. The molecule has 13 heteroatoms. The largest absolute Gasteiger partial charge is 0.444 e. The molecule has 0 spiro atoms. The van der Waals surface area contributed by atoms with Gasteiger partial charge in [-0.05, 0) is 83.4 Å². The third kappa shape index (κ3) is 16.2. The minimum atomic E-state index is -4.34. The van der Waals surface area contributed by atoms with Crippen LogP contribution in [-0.4, -0.2) is 66.0 Å². The van der Waals surface area contributed by atoms with Gasteiger partial charge in [0, 0.05) is 37.7 Å². The molecule has 43 heavy (non-hydrogen) atoms. The highest BCUT2D eigenvalue weighted by Gasteiger charge is 2.28. The molecule has 0 saturated carbocycles. The van der Waals surface area contributed by atoms with Crippen molar-refractivity contribution in [3.63, 3.8) is 0 Å². The molecular formula is C30H45F5N2O5S. The van der Waals surface area contributed by atoms with Crippen molar-refractivity contribution >= 4 is 17.9 Å². The Labute approximate surface area is 256 Å². The summed E-state index contributed by atoms with van der Waals surface area (Å²) in [5.74, 6) is -0.0826. The van der Waals surface area contributed by atoms with E-state index in [0.717, 1.165) is 12.1 Å². The average molecular weight is 641 g/mol. The summed E-state index contributed by atoms with van der Waals surface area (Å²) < 4.78 is 82.7. The first-order valence-corrected chi connectivity index (χ1v) is 15.2. The van der Waals surface area contributed by atoms with Crippen LogP contribution in [0.15, 0.2) is 30.3 Å². The lowest BCUT2D eigenvalue weighted by molar-refractivity contribution is -0.139. The molecule has 1 unspecified atom stereocenters. The number of alkyl halides is 3. The van der Waals surface area contributed by atoms with Gasteiger partial charge in [-0.2, -0.15) is 24.9 Å². The van der Waals surface area contributed by atoms with Crippen LogP contribution in [-0.2, 0) is 26.2 Å². The van der Waals surface area contributed by atoms with Crippen molar-refractivity contribution in [2.24, 2.45) is 0 Å². The van der Waals surface area contributed by atoms with Gasteiger partial charge in [-0.15, -0.1) is 0 Å². The van der Waals surface area contributed by atoms with E-state index in [1.807, 2.05) is 11.8 Å². The van der Waals surface area contributed by atoms with Crippen molar-refractivity contribution in [3.05, 3.63) is 53.2 Å². The SMILES string of the molecule is CC(C)(C)OC(=O)NCOCC(Cc1cc(C(C)(C)O)c(F)c(-c2ccc(F)cc2)n1)OCCCC(F)(F)F.CCSC.[HH]. The smallest absolute Gasteiger partial charge is 0.409 e. The van der Waals surface area contributed by atoms with E-state index in [1.54, 1.807) is 20.8 Å². The normalized spacial score (nSPS) is 12.8. The van der Waals surface area contributed by atoms with Crippen molar-refractivity contribution in [3.8, 4) is 11.3 Å². The van der Waals surface area contributed by atoms with Crippen molar-refractivity contribution in [2.45, 2.75) is 84.3 Å². The summed E-state index contributed by atoms with van der Waals surface area (Å²) in [6.45, 7) is 9.35. The fraction of sp³-hybridized carbons (Fsp3) is 0.600. The van der Waals surface area contributed by atoms with Gasteiger partial charge >= 0.3 is 12.3 Å². The predicted octanol–water partition coefficient (Wildman–Crippen LogP) is 7.64. The van der Waals surface area contributed by atoms with Crippen LogP contribution in [0.1, 0.15) is 67.1 Å². The molecule has 0 radical (unpaired) electrons. The molecule has 2 N–H and O–H groups in total. The molecule has 2 rings (SSSR count). The van der Waals surface area contributed by atoms with E-state index < -0.39 is 47.6 Å². The molecule has 0 aliphatic rings. The summed E-state index contributed by atoms with van der Waals surface area (Å²) in [7, 11) is 0. The van der Waals surface area contributed by atoms with Crippen LogP contribution in [0, 0.1) is 11.6 Å². The van der Waals surface area contributed by atoms with Gasteiger partial charge in [-0.1, -0.05) is 6.92 Å². The molecule has 2 aromatic rings. The second-order valence-corrected chi connectivity index (χ2v) is 12.2. The van der Waals surface area contributed by atoms with Crippen molar-refractivity contribution in [2.75, 3.05) is 32.0 Å². The summed E-state index contributed by atoms with van der Waals surface area (Å²) in [5, 5.41) is 13.0. The Balaban J connectivity index is 0.00000347. The maximum absolute atomic E-state index is 15.3. The van der Waals surface area contributed by atoms with Crippen LogP contribution in [0.25, 0.3) is 11.3 Å². The Bertz CT molecular complexity index is 1130. The van der Waals surface area contributed by atoms with Gasteiger partial charge in [0.2, 0.25) is 0 Å². The lowest BCUT2D eigenvalue weighted by atomic mass is 9.94. The molecule has 0 aliphatic heterocycles. The number of nitrogens with zero attached hydrogens (tertiary/aromatic N) is 1. The van der Waals surface area contributed by atoms with E-state index in [2.05, 4.69) is 23.5 Å². The molecule has 0 saturated heterocycles. The molecule has 1 aromatic heterocycles. The summed E-state index contributed by atoms with van der Waals surface area (Å²) in [6, 6.07) is 6.31. The number of benzene rings is 1. The van der Waals surface area contributed by atoms with E-state index in [9.17, 15) is 27.5 Å². The van der Waals surface area contributed by atoms with Gasteiger partial charge in [0.15, 0.2) is 5.82 Å². The average Bonchev–Trinajstić information content (AvgIpc) is 2.88. The highest BCUT2D eigenvalue weighted by Crippen LogP contribution is 2.31. The monoisotopic (exact) mass is 640 g/mol. The number of alkyl carbamates (subject to hydrolysis) is 1. The summed E-state index contributed by atoms with van der Waals surface area (Å²) in [4.78, 5) is 16.1. The fourth-order valence-corrected chi connectivity index (χ4v) is 3.47. The van der Waals surface area contributed by atoms with E-state index in [4.69, 9.17) is 14.2 Å². The number of aromatic nitrogens is 1. The minimum absolute atomic E-state index is 0. The van der Waals surface area contributed by atoms with Crippen LogP contribution in [0.3, 0.4) is 0 Å². The zero-order valence-corrected chi connectivity index (χ0v) is 26.6. The van der Waals surface area contributed by atoms with E-state index in [-0.39, 0.29) is 56.7 Å². The van der Waals surface area contributed by atoms with Crippen LogP contribution in [0.2, 0.25) is 0 Å². The highest BCUT2D eigenvalue weighted by molar-refractivity contribution is 7.98. The van der Waals surface area contributed by atoms with Crippen LogP contribution < -0.4 is 5.32 Å². The number of halogens is 5. The first kappa shape index (κ1) is 38.5. The Kier molecular flexibility index (Phi) is 15.9. The third-order valence-corrected chi connectivity index (χ3v) is 6.07. The third-order valence-electron chi connectivity index (χ3n) is 5.49. The first-order valence-electron chi connectivity index (χ1n) is 13.8. The maximum atomic E-state index is 15.3. The molecule has 1 heterocycles. The molecule has 1 aromatic carbocycles. The number of hydrogen-bond donors (Lipinski definition) is 2. The number of rotatable bonds is 13. The number of carbonyl (C=O) groups is 1. The Morgan fingerprint density at radius 3 is 2.23 bits per heavy atom. The van der Waals surface area contributed by atoms with Crippen molar-refractivity contribution < 1.29 is 47.5 Å². The highest BCUT2D eigenvalue weighted by atomic mass is 32.2. The van der Waals surface area contributed by atoms with Crippen LogP contribution >= 0.6 is 11.8 Å². The summed E-state index contributed by atoms with van der Waals surface area (Å²) in [6.07, 6.45) is -5.13. The number of aliphatic hydroxyl groups is 1. The van der Waals surface area contributed by atoms with Crippen LogP contribution in [0.5, 0.6) is 0 Å². The van der Waals surface area contributed by atoms with Gasteiger partial charge < -0.3 is 19.3 Å². The zero-order chi connectivity index (χ0) is 32.8. The maximum Gasteiger partial charge on any atom is 0.409 e. The topological polar surface area (TPSA) is 89.9 Å². The standard InChI is InChI=1S/C27H35F5N2O5.C3H8S.H2/c1-25(2,3)39-24(35)33-16-37-15-20(38-12-6-11-27(30,31)32)13-19-14-21(26(4,5)36)22(29)23(34-19)17-7-9-18(28)10-8-17;1-3-4-2;/h7-10,14,20,36H,6,11-13,15-16H2,1-5H3,(H,33,35);3H2,1-2H3;1H. The van der Waals surface area contributed by atoms with Gasteiger partial charge in [-0.3, -0.25) is 5.32 Å². The molecule has 0 bridgehead atoms. The van der Waals surface area contributed by atoms with Crippen molar-refractivity contribution in [1.82, 2.24) is 10.3 Å². The second-order valence-electron chi connectivity index (χ2n) is 11.1. The van der Waals surface area contributed by atoms with Crippen LogP contribution in [0.4, 0.5) is 26.7 Å². The van der Waals surface area contributed by atoms with Gasteiger partial charge in [0.1, 0.15) is 23.8 Å². The quantitative estimate of drug-likeness (QED) is 0.132. The molecular weight excluding hydrogens is 595 g/mol. The number of hydrogen-bond acceptors (Lipinski definition) is 7. The van der Waals surface area contributed by atoms with E-state index in [0.29, 0.717) is 0 Å². The van der Waals surface area contributed by atoms with Crippen molar-refractivity contribution in [1.29, 1.82) is 0 Å². The van der Waals surface area contributed by atoms with E-state index in [1.165, 1.54) is 37.8 Å². The number of amides is 1. The molecule has 246 valence electrons. The van der Waals surface area contributed by atoms with Gasteiger partial charge in [-0.25, -0.2) is 18.6 Å². The number of thioether (sulfide) groups is 1. The van der Waals surface area contributed by atoms with Gasteiger partial charge in [0.25, 0.3) is 0 Å². The lowest BCUT2D eigenvalue weighted by Crippen LogP contribution is -2.35. The minimum Gasteiger partial charge on any atom is -0.444 e. The van der Waals surface area contributed by atoms with Gasteiger partial charge in [0.05, 0.1) is 18.3 Å². The second kappa shape index (κ2) is 17.7. The van der Waals surface area contributed by atoms with E-state index >= 15 is 4.39 Å². The number of ether oxygens (including phenoxy) is 3. The Morgan fingerprint density at radius 2 is 1.72 bits per heavy atom. The summed E-state index contributed by atoms with van der Waals surface area (Å²) in [5.41, 5.74) is -2.00. The molecule has 1 amide bonds. The molecule has 1 atom stereocenters. The molecule has 7 nitrogen and oxygen atoms in total. The lowest BCUT2D eigenvalue weighted by Gasteiger charge is -2.23.